The third-order valence-corrected chi connectivity index (χ3v) is 5.28. The Morgan fingerprint density at radius 1 is 1.00 bits per heavy atom. The zero-order chi connectivity index (χ0) is 15.4. The van der Waals surface area contributed by atoms with Crippen molar-refractivity contribution in [1.82, 2.24) is 4.31 Å². The molecule has 0 unspecified atom stereocenters. The molecular formula is C17H18BrFN2S. The molecule has 2 aromatic rings. The molecule has 116 valence electrons. The van der Waals surface area contributed by atoms with Gasteiger partial charge in [0.25, 0.3) is 0 Å². The maximum Gasteiger partial charge on any atom is 0.147 e. The number of fused-ring (bicyclic) bond motifs is 1. The molecule has 0 radical (unpaired) electrons. The quantitative estimate of drug-likeness (QED) is 0.383. The van der Waals surface area contributed by atoms with Crippen molar-refractivity contribution < 1.29 is 4.39 Å². The van der Waals surface area contributed by atoms with Crippen molar-refractivity contribution in [2.45, 2.75) is 19.4 Å². The molecule has 3 rings (SSSR count). The molecule has 0 N–H and O–H groups in total. The van der Waals surface area contributed by atoms with Gasteiger partial charge >= 0.3 is 0 Å². The second-order valence-electron chi connectivity index (χ2n) is 5.22. The van der Waals surface area contributed by atoms with E-state index < -0.39 is 0 Å². The van der Waals surface area contributed by atoms with Gasteiger partial charge in [0.15, 0.2) is 0 Å². The average molecular weight is 381 g/mol. The summed E-state index contributed by atoms with van der Waals surface area (Å²) in [5, 5.41) is 1.03. The van der Waals surface area contributed by atoms with Crippen LogP contribution in [0.2, 0.25) is 0 Å². The summed E-state index contributed by atoms with van der Waals surface area (Å²) in [6.45, 7) is 1.89. The van der Waals surface area contributed by atoms with Gasteiger partial charge in [0.05, 0.1) is 11.4 Å². The molecule has 1 heterocycles. The number of halogens is 2. The van der Waals surface area contributed by atoms with Crippen molar-refractivity contribution in [2.24, 2.45) is 0 Å². The molecule has 2 aromatic carbocycles. The molecule has 0 bridgehead atoms. The molecule has 0 atom stereocenters. The van der Waals surface area contributed by atoms with Crippen LogP contribution in [0, 0.1) is 5.82 Å². The van der Waals surface area contributed by atoms with Crippen molar-refractivity contribution in [3.8, 4) is 0 Å². The van der Waals surface area contributed by atoms with E-state index in [1.54, 1.807) is 18.2 Å². The van der Waals surface area contributed by atoms with Crippen molar-refractivity contribution in [1.29, 1.82) is 0 Å². The Bertz CT molecular complexity index is 638. The maximum absolute atomic E-state index is 14.2. The second-order valence-corrected chi connectivity index (χ2v) is 7.05. The van der Waals surface area contributed by atoms with E-state index in [0.717, 1.165) is 36.9 Å². The first-order valence-electron chi connectivity index (χ1n) is 7.41. The first-order valence-corrected chi connectivity index (χ1v) is 9.26. The summed E-state index contributed by atoms with van der Waals surface area (Å²) < 4.78 is 18.5. The minimum Gasteiger partial charge on any atom is -0.268 e. The lowest BCUT2D eigenvalue weighted by atomic mass is 10.1. The smallest absolute Gasteiger partial charge is 0.147 e. The summed E-state index contributed by atoms with van der Waals surface area (Å²) >= 11 is 5.08. The molecule has 0 amide bonds. The second kappa shape index (κ2) is 7.49. The van der Waals surface area contributed by atoms with Crippen molar-refractivity contribution >= 4 is 39.4 Å². The molecule has 0 fully saturated rings. The Morgan fingerprint density at radius 2 is 1.73 bits per heavy atom. The fraction of sp³-hybridized carbons (Fsp3) is 0.294. The minimum atomic E-state index is -0.188. The lowest BCUT2D eigenvalue weighted by Gasteiger charge is -2.36. The third-order valence-electron chi connectivity index (χ3n) is 3.62. The summed E-state index contributed by atoms with van der Waals surface area (Å²) in [7, 11) is 0. The average Bonchev–Trinajstić information content (AvgIpc) is 2.55. The van der Waals surface area contributed by atoms with Gasteiger partial charge in [-0.2, -0.15) is 0 Å². The molecule has 0 saturated carbocycles. The standard InChI is InChI=1S/C17H18BrFN2S/c18-11-5-6-12-20-13-14-7-1-3-9-16(14)21(22-20)17-10-4-2-8-15(17)19/h1-4,7-10H,5-6,11-13H2. The van der Waals surface area contributed by atoms with E-state index in [1.165, 1.54) is 11.6 Å². The van der Waals surface area contributed by atoms with Crippen LogP contribution in [0.4, 0.5) is 15.8 Å². The minimum absolute atomic E-state index is 0.188. The topological polar surface area (TPSA) is 6.48 Å². The summed E-state index contributed by atoms with van der Waals surface area (Å²) in [5.74, 6) is -0.188. The Labute approximate surface area is 143 Å². The van der Waals surface area contributed by atoms with Gasteiger partial charge in [-0.1, -0.05) is 46.3 Å². The van der Waals surface area contributed by atoms with Crippen LogP contribution in [0.15, 0.2) is 48.5 Å². The lowest BCUT2D eigenvalue weighted by molar-refractivity contribution is 0.449. The number of unbranched alkanes of at least 4 members (excludes halogenated alkanes) is 1. The van der Waals surface area contributed by atoms with E-state index in [4.69, 9.17) is 0 Å². The monoisotopic (exact) mass is 380 g/mol. The number of nitrogens with zero attached hydrogens (tertiary/aromatic N) is 2. The molecule has 2 nitrogen and oxygen atoms in total. The number of rotatable bonds is 5. The van der Waals surface area contributed by atoms with E-state index in [9.17, 15) is 4.39 Å². The third kappa shape index (κ3) is 3.47. The number of benzene rings is 2. The van der Waals surface area contributed by atoms with Crippen LogP contribution in [-0.4, -0.2) is 16.2 Å². The van der Waals surface area contributed by atoms with Gasteiger partial charge in [-0.15, -0.1) is 0 Å². The van der Waals surface area contributed by atoms with Gasteiger partial charge in [0.1, 0.15) is 5.82 Å². The fourth-order valence-electron chi connectivity index (χ4n) is 2.51. The Balaban J connectivity index is 1.89. The zero-order valence-electron chi connectivity index (χ0n) is 12.2. The van der Waals surface area contributed by atoms with Crippen LogP contribution in [0.25, 0.3) is 0 Å². The predicted octanol–water partition coefficient (Wildman–Crippen LogP) is 5.52. The van der Waals surface area contributed by atoms with Crippen LogP contribution in [0.5, 0.6) is 0 Å². The van der Waals surface area contributed by atoms with Crippen LogP contribution >= 0.6 is 28.1 Å². The molecule has 0 saturated heterocycles. The van der Waals surface area contributed by atoms with Gasteiger partial charge < -0.3 is 0 Å². The van der Waals surface area contributed by atoms with Crippen molar-refractivity contribution in [3.05, 3.63) is 59.9 Å². The molecule has 22 heavy (non-hydrogen) atoms. The van der Waals surface area contributed by atoms with Crippen molar-refractivity contribution in [3.63, 3.8) is 0 Å². The number of alkyl halides is 1. The normalized spacial score (nSPS) is 14.9. The largest absolute Gasteiger partial charge is 0.268 e. The van der Waals surface area contributed by atoms with Crippen LogP contribution < -0.4 is 4.31 Å². The van der Waals surface area contributed by atoms with E-state index in [0.29, 0.717) is 5.69 Å². The summed E-state index contributed by atoms with van der Waals surface area (Å²) in [6, 6.07) is 15.2. The Kier molecular flexibility index (Phi) is 5.39. The van der Waals surface area contributed by atoms with E-state index >= 15 is 0 Å². The van der Waals surface area contributed by atoms with Gasteiger partial charge in [-0.25, -0.2) is 8.70 Å². The Morgan fingerprint density at radius 3 is 2.50 bits per heavy atom. The highest BCUT2D eigenvalue weighted by Gasteiger charge is 2.26. The number of anilines is 2. The molecular weight excluding hydrogens is 363 g/mol. The Hall–Kier alpha value is -1.04. The number of hydrogen-bond acceptors (Lipinski definition) is 3. The summed E-state index contributed by atoms with van der Waals surface area (Å²) in [5.41, 5.74) is 2.93. The maximum atomic E-state index is 14.2. The number of hydrogen-bond donors (Lipinski definition) is 0. The summed E-state index contributed by atoms with van der Waals surface area (Å²) in [6.07, 6.45) is 2.28. The molecule has 1 aliphatic heterocycles. The SMILES string of the molecule is Fc1ccccc1N1SN(CCCCBr)Cc2ccccc21. The highest BCUT2D eigenvalue weighted by Crippen LogP contribution is 2.42. The van der Waals surface area contributed by atoms with Gasteiger partial charge in [-0.3, -0.25) is 4.31 Å². The van der Waals surface area contributed by atoms with Gasteiger partial charge in [0.2, 0.25) is 0 Å². The fourth-order valence-corrected chi connectivity index (χ4v) is 4.05. The van der Waals surface area contributed by atoms with Gasteiger partial charge in [0, 0.05) is 30.6 Å². The highest BCUT2D eigenvalue weighted by molar-refractivity contribution is 9.09. The predicted molar refractivity (Wildman–Crippen MR) is 96.0 cm³/mol. The first-order chi connectivity index (χ1) is 10.8. The van der Waals surface area contributed by atoms with Crippen LogP contribution in [0.1, 0.15) is 18.4 Å². The number of para-hydroxylation sites is 2. The van der Waals surface area contributed by atoms with Crippen LogP contribution in [-0.2, 0) is 6.54 Å². The zero-order valence-corrected chi connectivity index (χ0v) is 14.6. The molecule has 5 heteroatoms. The van der Waals surface area contributed by atoms with Crippen molar-refractivity contribution in [2.75, 3.05) is 16.2 Å². The molecule has 0 aromatic heterocycles. The molecule has 0 spiro atoms. The highest BCUT2D eigenvalue weighted by atomic mass is 79.9. The lowest BCUT2D eigenvalue weighted by Crippen LogP contribution is -2.29. The molecule has 1 aliphatic rings. The summed E-state index contributed by atoms with van der Waals surface area (Å²) in [4.78, 5) is 0. The van der Waals surface area contributed by atoms with Crippen LogP contribution in [0.3, 0.4) is 0 Å². The van der Waals surface area contributed by atoms with E-state index in [2.05, 4.69) is 32.4 Å². The van der Waals surface area contributed by atoms with E-state index in [1.807, 2.05) is 28.6 Å². The van der Waals surface area contributed by atoms with Gasteiger partial charge in [-0.05, 0) is 36.6 Å². The first kappa shape index (κ1) is 15.8. The van der Waals surface area contributed by atoms with E-state index in [-0.39, 0.29) is 5.82 Å². The molecule has 0 aliphatic carbocycles.